The van der Waals surface area contributed by atoms with Gasteiger partial charge in [0.2, 0.25) is 5.75 Å². The molecule has 0 spiro atoms. The highest BCUT2D eigenvalue weighted by Gasteiger charge is 2.14. The van der Waals surface area contributed by atoms with E-state index in [1.807, 2.05) is 42.5 Å². The molecule has 0 aliphatic rings. The SMILES string of the molecule is COc1cc(CCCCN)cc(OC)c1OCc1ccccc1. The van der Waals surface area contributed by atoms with E-state index in [4.69, 9.17) is 19.9 Å². The minimum atomic E-state index is 0.472. The van der Waals surface area contributed by atoms with E-state index in [0.29, 0.717) is 30.4 Å². The Bertz CT molecular complexity index is 574. The van der Waals surface area contributed by atoms with Crippen molar-refractivity contribution in [2.75, 3.05) is 20.8 Å². The summed E-state index contributed by atoms with van der Waals surface area (Å²) < 4.78 is 16.9. The fraction of sp³-hybridized carbons (Fsp3) is 0.368. The second kappa shape index (κ2) is 9.06. The van der Waals surface area contributed by atoms with Crippen LogP contribution in [0.4, 0.5) is 0 Å². The van der Waals surface area contributed by atoms with E-state index in [9.17, 15) is 0 Å². The second-order valence-electron chi connectivity index (χ2n) is 5.35. The number of aryl methyl sites for hydroxylation is 1. The zero-order valence-electron chi connectivity index (χ0n) is 13.9. The summed E-state index contributed by atoms with van der Waals surface area (Å²) in [4.78, 5) is 0. The van der Waals surface area contributed by atoms with Gasteiger partial charge < -0.3 is 19.9 Å². The van der Waals surface area contributed by atoms with Crippen molar-refractivity contribution < 1.29 is 14.2 Å². The molecule has 0 radical (unpaired) electrons. The topological polar surface area (TPSA) is 53.7 Å². The molecule has 0 saturated carbocycles. The lowest BCUT2D eigenvalue weighted by Gasteiger charge is -2.16. The lowest BCUT2D eigenvalue weighted by molar-refractivity contribution is 0.265. The van der Waals surface area contributed by atoms with E-state index in [2.05, 4.69) is 0 Å². The van der Waals surface area contributed by atoms with Gasteiger partial charge in [-0.2, -0.15) is 0 Å². The summed E-state index contributed by atoms with van der Waals surface area (Å²) in [6.07, 6.45) is 3.01. The molecular weight excluding hydrogens is 290 g/mol. The normalized spacial score (nSPS) is 10.4. The molecule has 2 aromatic carbocycles. The molecule has 0 atom stereocenters. The molecule has 0 aliphatic heterocycles. The van der Waals surface area contributed by atoms with E-state index < -0.39 is 0 Å². The van der Waals surface area contributed by atoms with Crippen LogP contribution in [0.5, 0.6) is 17.2 Å². The first-order valence-corrected chi connectivity index (χ1v) is 7.90. The van der Waals surface area contributed by atoms with Crippen LogP contribution in [0, 0.1) is 0 Å². The largest absolute Gasteiger partial charge is 0.493 e. The molecule has 0 amide bonds. The van der Waals surface area contributed by atoms with Crippen molar-refractivity contribution in [1.29, 1.82) is 0 Å². The molecule has 0 heterocycles. The molecular formula is C19H25NO3. The predicted molar refractivity (Wildman–Crippen MR) is 92.3 cm³/mol. The van der Waals surface area contributed by atoms with Crippen molar-refractivity contribution in [3.05, 3.63) is 53.6 Å². The summed E-state index contributed by atoms with van der Waals surface area (Å²) in [5, 5.41) is 0. The van der Waals surface area contributed by atoms with Gasteiger partial charge in [-0.1, -0.05) is 30.3 Å². The molecule has 0 unspecified atom stereocenters. The minimum absolute atomic E-state index is 0.472. The van der Waals surface area contributed by atoms with Crippen molar-refractivity contribution in [3.63, 3.8) is 0 Å². The Kier molecular flexibility index (Phi) is 6.76. The fourth-order valence-electron chi connectivity index (χ4n) is 2.42. The Labute approximate surface area is 138 Å². The fourth-order valence-corrected chi connectivity index (χ4v) is 2.42. The summed E-state index contributed by atoms with van der Waals surface area (Å²) in [7, 11) is 3.29. The maximum absolute atomic E-state index is 5.95. The Morgan fingerprint density at radius 2 is 1.52 bits per heavy atom. The lowest BCUT2D eigenvalue weighted by Crippen LogP contribution is -2.02. The first-order chi connectivity index (χ1) is 11.3. The Morgan fingerprint density at radius 1 is 0.870 bits per heavy atom. The molecule has 23 heavy (non-hydrogen) atoms. The van der Waals surface area contributed by atoms with Gasteiger partial charge in [0, 0.05) is 0 Å². The highest BCUT2D eigenvalue weighted by atomic mass is 16.5. The van der Waals surface area contributed by atoms with Crippen molar-refractivity contribution in [3.8, 4) is 17.2 Å². The number of hydrogen-bond acceptors (Lipinski definition) is 4. The third kappa shape index (κ3) is 4.89. The van der Waals surface area contributed by atoms with Crippen LogP contribution >= 0.6 is 0 Å². The van der Waals surface area contributed by atoms with Crippen LogP contribution in [0.1, 0.15) is 24.0 Å². The highest BCUT2D eigenvalue weighted by molar-refractivity contribution is 5.54. The Morgan fingerprint density at radius 3 is 2.09 bits per heavy atom. The van der Waals surface area contributed by atoms with Crippen LogP contribution in [0.25, 0.3) is 0 Å². The summed E-state index contributed by atoms with van der Waals surface area (Å²) in [6.45, 7) is 1.19. The number of hydrogen-bond donors (Lipinski definition) is 1. The molecule has 0 fully saturated rings. The van der Waals surface area contributed by atoms with Gasteiger partial charge in [0.25, 0.3) is 0 Å². The van der Waals surface area contributed by atoms with E-state index >= 15 is 0 Å². The summed E-state index contributed by atoms with van der Waals surface area (Å²) in [6, 6.07) is 14.1. The molecule has 2 rings (SSSR count). The van der Waals surface area contributed by atoms with Gasteiger partial charge >= 0.3 is 0 Å². The van der Waals surface area contributed by atoms with Crippen LogP contribution < -0.4 is 19.9 Å². The van der Waals surface area contributed by atoms with Gasteiger partial charge in [0.15, 0.2) is 11.5 Å². The van der Waals surface area contributed by atoms with Gasteiger partial charge in [-0.15, -0.1) is 0 Å². The molecule has 0 saturated heterocycles. The third-order valence-corrected chi connectivity index (χ3v) is 3.67. The van der Waals surface area contributed by atoms with E-state index in [0.717, 1.165) is 24.8 Å². The van der Waals surface area contributed by atoms with Crippen LogP contribution in [0.2, 0.25) is 0 Å². The van der Waals surface area contributed by atoms with Crippen molar-refractivity contribution in [2.24, 2.45) is 5.73 Å². The number of rotatable bonds is 9. The second-order valence-corrected chi connectivity index (χ2v) is 5.35. The predicted octanol–water partition coefficient (Wildman–Crippen LogP) is 3.56. The lowest BCUT2D eigenvalue weighted by atomic mass is 10.1. The maximum atomic E-state index is 5.95. The Hall–Kier alpha value is -2.20. The quantitative estimate of drug-likeness (QED) is 0.719. The molecule has 0 aromatic heterocycles. The maximum Gasteiger partial charge on any atom is 0.203 e. The van der Waals surface area contributed by atoms with Crippen LogP contribution in [-0.4, -0.2) is 20.8 Å². The molecule has 4 nitrogen and oxygen atoms in total. The first kappa shape index (κ1) is 17.2. The van der Waals surface area contributed by atoms with Crippen molar-refractivity contribution >= 4 is 0 Å². The van der Waals surface area contributed by atoms with Crippen LogP contribution in [0.15, 0.2) is 42.5 Å². The number of benzene rings is 2. The monoisotopic (exact) mass is 315 g/mol. The van der Waals surface area contributed by atoms with Crippen LogP contribution in [0.3, 0.4) is 0 Å². The number of ether oxygens (including phenoxy) is 3. The zero-order valence-corrected chi connectivity index (χ0v) is 13.9. The van der Waals surface area contributed by atoms with Gasteiger partial charge in [-0.05, 0) is 49.1 Å². The molecule has 4 heteroatoms. The van der Waals surface area contributed by atoms with Gasteiger partial charge in [-0.25, -0.2) is 0 Å². The highest BCUT2D eigenvalue weighted by Crippen LogP contribution is 2.39. The summed E-state index contributed by atoms with van der Waals surface area (Å²) >= 11 is 0. The standard InChI is InChI=1S/C19H25NO3/c1-21-17-12-16(10-6-7-11-20)13-18(22-2)19(17)23-14-15-8-4-3-5-9-15/h3-5,8-9,12-13H,6-7,10-11,14,20H2,1-2H3. The smallest absolute Gasteiger partial charge is 0.203 e. The van der Waals surface area contributed by atoms with Gasteiger partial charge in [-0.3, -0.25) is 0 Å². The average Bonchev–Trinajstić information content (AvgIpc) is 2.60. The average molecular weight is 315 g/mol. The van der Waals surface area contributed by atoms with E-state index in [1.165, 1.54) is 5.56 Å². The number of unbranched alkanes of at least 4 members (excludes halogenated alkanes) is 1. The van der Waals surface area contributed by atoms with Gasteiger partial charge in [0.05, 0.1) is 14.2 Å². The number of methoxy groups -OCH3 is 2. The summed E-state index contributed by atoms with van der Waals surface area (Å²) in [5.41, 5.74) is 7.82. The Balaban J connectivity index is 2.16. The zero-order chi connectivity index (χ0) is 16.5. The van der Waals surface area contributed by atoms with Crippen molar-refractivity contribution in [1.82, 2.24) is 0 Å². The third-order valence-electron chi connectivity index (χ3n) is 3.67. The van der Waals surface area contributed by atoms with Gasteiger partial charge in [0.1, 0.15) is 6.61 Å². The molecule has 0 aliphatic carbocycles. The molecule has 124 valence electrons. The van der Waals surface area contributed by atoms with E-state index in [-0.39, 0.29) is 0 Å². The molecule has 2 aromatic rings. The molecule has 0 bridgehead atoms. The minimum Gasteiger partial charge on any atom is -0.493 e. The molecule has 2 N–H and O–H groups in total. The first-order valence-electron chi connectivity index (χ1n) is 7.90. The summed E-state index contributed by atoms with van der Waals surface area (Å²) in [5.74, 6) is 2.03. The van der Waals surface area contributed by atoms with E-state index in [1.54, 1.807) is 14.2 Å². The van der Waals surface area contributed by atoms with Crippen molar-refractivity contribution in [2.45, 2.75) is 25.9 Å². The number of nitrogens with two attached hydrogens (primary N) is 1. The van der Waals surface area contributed by atoms with Crippen LogP contribution in [-0.2, 0) is 13.0 Å².